The first-order valence-electron chi connectivity index (χ1n) is 10.8. The summed E-state index contributed by atoms with van der Waals surface area (Å²) in [6.07, 6.45) is 1.03. The molecule has 2 aromatic rings. The second-order valence-electron chi connectivity index (χ2n) is 8.37. The van der Waals surface area contributed by atoms with Crippen molar-refractivity contribution in [3.05, 3.63) is 58.6 Å². The van der Waals surface area contributed by atoms with Crippen molar-refractivity contribution in [2.45, 2.75) is 46.3 Å². The van der Waals surface area contributed by atoms with E-state index in [1.165, 1.54) is 12.0 Å². The maximum atomic E-state index is 13.5. The number of hydrogen-bond acceptors (Lipinski definition) is 5. The number of anilines is 1. The summed E-state index contributed by atoms with van der Waals surface area (Å²) in [5, 5.41) is 3.20. The Balaban J connectivity index is 2.45. The van der Waals surface area contributed by atoms with Gasteiger partial charge in [0.1, 0.15) is 18.3 Å². The molecule has 8 nitrogen and oxygen atoms in total. The highest BCUT2D eigenvalue weighted by molar-refractivity contribution is 7.92. The van der Waals surface area contributed by atoms with Crippen molar-refractivity contribution in [3.63, 3.8) is 0 Å². The quantitative estimate of drug-likeness (QED) is 0.529. The molecule has 0 spiro atoms. The number of hydrogen-bond donors (Lipinski definition) is 1. The zero-order chi connectivity index (χ0) is 25.6. The Labute approximate surface area is 206 Å². The number of nitrogens with zero attached hydrogens (tertiary/aromatic N) is 2. The van der Waals surface area contributed by atoms with Crippen molar-refractivity contribution in [2.24, 2.45) is 0 Å². The SMILES string of the molecule is COc1cccc(CN(C(=O)CN(c2cccc(Cl)c2C)S(C)(=O)=O)[C@@H](C)C(=O)NC(C)C)c1. The fourth-order valence-electron chi connectivity index (χ4n) is 3.42. The van der Waals surface area contributed by atoms with Gasteiger partial charge in [-0.05, 0) is 63.1 Å². The van der Waals surface area contributed by atoms with E-state index in [4.69, 9.17) is 16.3 Å². The Kier molecular flexibility index (Phi) is 9.35. The molecular formula is C24H32ClN3O5S. The average Bonchev–Trinajstić information content (AvgIpc) is 2.76. The largest absolute Gasteiger partial charge is 0.497 e. The second kappa shape index (κ2) is 11.6. The minimum Gasteiger partial charge on any atom is -0.497 e. The minimum atomic E-state index is -3.83. The molecule has 0 radical (unpaired) electrons. The lowest BCUT2D eigenvalue weighted by Gasteiger charge is -2.32. The van der Waals surface area contributed by atoms with E-state index in [0.717, 1.165) is 16.1 Å². The Morgan fingerprint density at radius 3 is 2.35 bits per heavy atom. The van der Waals surface area contributed by atoms with Crippen LogP contribution in [0, 0.1) is 6.92 Å². The van der Waals surface area contributed by atoms with Crippen molar-refractivity contribution >= 4 is 39.1 Å². The van der Waals surface area contributed by atoms with Gasteiger partial charge in [-0.3, -0.25) is 13.9 Å². The van der Waals surface area contributed by atoms with Crippen LogP contribution >= 0.6 is 11.6 Å². The summed E-state index contributed by atoms with van der Waals surface area (Å²) < 4.78 is 31.6. The van der Waals surface area contributed by atoms with Crippen molar-refractivity contribution in [3.8, 4) is 5.75 Å². The van der Waals surface area contributed by atoms with Gasteiger partial charge in [-0.25, -0.2) is 8.42 Å². The standard InChI is InChI=1S/C24H32ClN3O5S/c1-16(2)26-24(30)18(4)27(14-19-9-7-10-20(13-19)33-5)23(29)15-28(34(6,31)32)22-12-8-11-21(25)17(22)3/h7-13,16,18H,14-15H2,1-6H3,(H,26,30)/t18-/m0/s1. The van der Waals surface area contributed by atoms with E-state index in [0.29, 0.717) is 22.0 Å². The number of halogens is 1. The van der Waals surface area contributed by atoms with Crippen molar-refractivity contribution in [1.82, 2.24) is 10.2 Å². The summed E-state index contributed by atoms with van der Waals surface area (Å²) >= 11 is 6.20. The Bertz CT molecular complexity index is 1140. The molecule has 0 heterocycles. The molecular weight excluding hydrogens is 478 g/mol. The number of carbonyl (C=O) groups is 2. The molecule has 0 bridgehead atoms. The summed E-state index contributed by atoms with van der Waals surface area (Å²) in [6, 6.07) is 11.0. The van der Waals surface area contributed by atoms with Crippen molar-refractivity contribution < 1.29 is 22.7 Å². The first kappa shape index (κ1) is 27.5. The predicted molar refractivity (Wildman–Crippen MR) is 135 cm³/mol. The first-order valence-corrected chi connectivity index (χ1v) is 13.0. The van der Waals surface area contributed by atoms with Crippen LogP contribution in [0.5, 0.6) is 5.75 Å². The molecule has 0 aliphatic rings. The van der Waals surface area contributed by atoms with Gasteiger partial charge >= 0.3 is 0 Å². The lowest BCUT2D eigenvalue weighted by molar-refractivity contribution is -0.139. The Morgan fingerprint density at radius 1 is 1.12 bits per heavy atom. The van der Waals surface area contributed by atoms with Gasteiger partial charge in [0.15, 0.2) is 0 Å². The highest BCUT2D eigenvalue weighted by atomic mass is 35.5. The van der Waals surface area contributed by atoms with Gasteiger partial charge in [-0.1, -0.05) is 29.8 Å². The number of methoxy groups -OCH3 is 1. The minimum absolute atomic E-state index is 0.0921. The van der Waals surface area contributed by atoms with Gasteiger partial charge in [0, 0.05) is 17.6 Å². The van der Waals surface area contributed by atoms with Crippen LogP contribution in [0.4, 0.5) is 5.69 Å². The lowest BCUT2D eigenvalue weighted by atomic mass is 10.1. The van der Waals surface area contributed by atoms with Gasteiger partial charge in [0.25, 0.3) is 0 Å². The van der Waals surface area contributed by atoms with Gasteiger partial charge in [0.05, 0.1) is 19.1 Å². The maximum Gasteiger partial charge on any atom is 0.244 e. The monoisotopic (exact) mass is 509 g/mol. The van der Waals surface area contributed by atoms with E-state index in [2.05, 4.69) is 5.32 Å². The second-order valence-corrected chi connectivity index (χ2v) is 10.7. The van der Waals surface area contributed by atoms with E-state index in [1.54, 1.807) is 50.2 Å². The van der Waals surface area contributed by atoms with E-state index in [-0.39, 0.29) is 18.5 Å². The van der Waals surface area contributed by atoms with Gasteiger partial charge in [0.2, 0.25) is 21.8 Å². The molecule has 34 heavy (non-hydrogen) atoms. The van der Waals surface area contributed by atoms with Crippen LogP contribution in [0.25, 0.3) is 0 Å². The van der Waals surface area contributed by atoms with Gasteiger partial charge < -0.3 is 15.0 Å². The summed E-state index contributed by atoms with van der Waals surface area (Å²) in [6.45, 7) is 6.56. The number of sulfonamides is 1. The van der Waals surface area contributed by atoms with Crippen LogP contribution in [-0.2, 0) is 26.2 Å². The van der Waals surface area contributed by atoms with Crippen LogP contribution in [-0.4, -0.2) is 57.1 Å². The normalized spacial score (nSPS) is 12.2. The molecule has 1 N–H and O–H groups in total. The number of nitrogens with one attached hydrogen (secondary N) is 1. The molecule has 0 unspecified atom stereocenters. The molecule has 0 saturated heterocycles. The van der Waals surface area contributed by atoms with Crippen LogP contribution in [0.1, 0.15) is 31.9 Å². The van der Waals surface area contributed by atoms with Crippen LogP contribution in [0.2, 0.25) is 5.02 Å². The molecule has 2 amide bonds. The summed E-state index contributed by atoms with van der Waals surface area (Å²) in [5.41, 5.74) is 1.58. The zero-order valence-electron chi connectivity index (χ0n) is 20.3. The van der Waals surface area contributed by atoms with Gasteiger partial charge in [-0.2, -0.15) is 0 Å². The maximum absolute atomic E-state index is 13.5. The Morgan fingerprint density at radius 2 is 1.76 bits per heavy atom. The van der Waals surface area contributed by atoms with E-state index >= 15 is 0 Å². The average molecular weight is 510 g/mol. The molecule has 0 aromatic heterocycles. The van der Waals surface area contributed by atoms with Crippen molar-refractivity contribution in [2.75, 3.05) is 24.2 Å². The van der Waals surface area contributed by atoms with Gasteiger partial charge in [-0.15, -0.1) is 0 Å². The molecule has 1 atom stereocenters. The van der Waals surface area contributed by atoms with E-state index in [9.17, 15) is 18.0 Å². The summed E-state index contributed by atoms with van der Waals surface area (Å²) in [4.78, 5) is 27.7. The molecule has 0 aliphatic carbocycles. The van der Waals surface area contributed by atoms with E-state index in [1.807, 2.05) is 19.9 Å². The number of rotatable bonds is 10. The van der Waals surface area contributed by atoms with E-state index < -0.39 is 28.5 Å². The summed E-state index contributed by atoms with van der Waals surface area (Å²) in [5.74, 6) is -0.258. The highest BCUT2D eigenvalue weighted by Gasteiger charge is 2.31. The van der Waals surface area contributed by atoms with Crippen molar-refractivity contribution in [1.29, 1.82) is 0 Å². The molecule has 0 aliphatic heterocycles. The number of ether oxygens (including phenoxy) is 1. The third-order valence-electron chi connectivity index (χ3n) is 5.27. The number of benzene rings is 2. The smallest absolute Gasteiger partial charge is 0.244 e. The fourth-order valence-corrected chi connectivity index (χ4v) is 4.49. The molecule has 2 rings (SSSR count). The molecule has 2 aromatic carbocycles. The third-order valence-corrected chi connectivity index (χ3v) is 6.81. The molecule has 10 heteroatoms. The zero-order valence-corrected chi connectivity index (χ0v) is 21.9. The predicted octanol–water partition coefficient (Wildman–Crippen LogP) is 3.36. The molecule has 0 saturated carbocycles. The fraction of sp³-hybridized carbons (Fsp3) is 0.417. The Hall–Kier alpha value is -2.78. The van der Waals surface area contributed by atoms with Crippen LogP contribution in [0.3, 0.4) is 0 Å². The van der Waals surface area contributed by atoms with Crippen LogP contribution in [0.15, 0.2) is 42.5 Å². The first-order chi connectivity index (χ1) is 15.8. The number of carbonyl (C=O) groups excluding carboxylic acids is 2. The molecule has 0 fully saturated rings. The lowest BCUT2D eigenvalue weighted by Crippen LogP contribution is -2.52. The number of amides is 2. The molecule has 186 valence electrons. The van der Waals surface area contributed by atoms with Crippen LogP contribution < -0.4 is 14.4 Å². The highest BCUT2D eigenvalue weighted by Crippen LogP contribution is 2.28. The topological polar surface area (TPSA) is 96.0 Å². The third kappa shape index (κ3) is 7.11. The summed E-state index contributed by atoms with van der Waals surface area (Å²) in [7, 11) is -2.29.